The second-order valence-electron chi connectivity index (χ2n) is 21.5. The van der Waals surface area contributed by atoms with Gasteiger partial charge in [0.05, 0.1) is 24.4 Å². The molecular formula is C53H89NO11Si. The number of aliphatic hydroxyl groups is 1. The van der Waals surface area contributed by atoms with Crippen molar-refractivity contribution in [1.82, 2.24) is 4.90 Å². The van der Waals surface area contributed by atoms with E-state index in [0.717, 1.165) is 36.8 Å². The largest absolute Gasteiger partial charge is 0.456 e. The maximum Gasteiger partial charge on any atom is 0.329 e. The van der Waals surface area contributed by atoms with E-state index in [-0.39, 0.29) is 48.7 Å². The molecular weight excluding hydrogens is 855 g/mol. The summed E-state index contributed by atoms with van der Waals surface area (Å²) in [6, 6.07) is -1.06. The zero-order chi connectivity index (χ0) is 49.3. The van der Waals surface area contributed by atoms with E-state index in [1.807, 2.05) is 26.8 Å². The van der Waals surface area contributed by atoms with Crippen molar-refractivity contribution in [3.63, 3.8) is 0 Å². The number of hydrogen-bond acceptors (Lipinski definition) is 11. The first-order valence-corrected chi connectivity index (χ1v) is 27.5. The topological polar surface area (TPSA) is 147 Å². The molecule has 1 saturated carbocycles. The van der Waals surface area contributed by atoms with Crippen LogP contribution in [0.2, 0.25) is 16.6 Å². The third-order valence-corrected chi connectivity index (χ3v) is 21.7. The van der Waals surface area contributed by atoms with Crippen LogP contribution in [0.5, 0.6) is 0 Å². The van der Waals surface area contributed by atoms with Gasteiger partial charge in [0.2, 0.25) is 14.1 Å². The minimum atomic E-state index is -2.47. The number of rotatable bonds is 12. The number of cyclic esters (lactones) is 1. The highest BCUT2D eigenvalue weighted by molar-refractivity contribution is 6.77. The summed E-state index contributed by atoms with van der Waals surface area (Å²) in [5, 5.41) is 12.2. The van der Waals surface area contributed by atoms with Gasteiger partial charge in [-0.15, -0.1) is 0 Å². The number of ketones is 2. The molecule has 1 amide bonds. The Balaban J connectivity index is 1.75. The number of fused-ring (bicyclic) bond motifs is 3. The van der Waals surface area contributed by atoms with Crippen molar-refractivity contribution in [2.75, 3.05) is 27.9 Å². The molecule has 376 valence electrons. The summed E-state index contributed by atoms with van der Waals surface area (Å²) in [6.07, 6.45) is 11.8. The molecule has 13 atom stereocenters. The lowest BCUT2D eigenvalue weighted by Crippen LogP contribution is -2.64. The number of piperidine rings is 1. The lowest BCUT2D eigenvalue weighted by atomic mass is 9.82. The van der Waals surface area contributed by atoms with Crippen molar-refractivity contribution in [2.45, 2.75) is 219 Å². The van der Waals surface area contributed by atoms with Crippen molar-refractivity contribution in [3.05, 3.63) is 35.5 Å². The predicted molar refractivity (Wildman–Crippen MR) is 261 cm³/mol. The average molecular weight is 944 g/mol. The molecule has 0 aromatic carbocycles. The molecule has 13 heteroatoms. The third kappa shape index (κ3) is 13.0. The summed E-state index contributed by atoms with van der Waals surface area (Å²) in [4.78, 5) is 58.7. The Hall–Kier alpha value is -2.52. The Kier molecular flexibility index (Phi) is 21.1. The molecule has 0 radical (unpaired) electrons. The highest BCUT2D eigenvalue weighted by Gasteiger charge is 2.57. The summed E-state index contributed by atoms with van der Waals surface area (Å²) in [5.41, 5.74) is 3.25. The van der Waals surface area contributed by atoms with Gasteiger partial charge >= 0.3 is 5.97 Å². The average Bonchev–Trinajstić information content (AvgIpc) is 3.27. The summed E-state index contributed by atoms with van der Waals surface area (Å²) >= 11 is 0. The Labute approximate surface area is 399 Å². The first kappa shape index (κ1) is 56.1. The maximum absolute atomic E-state index is 14.6. The van der Waals surface area contributed by atoms with E-state index in [9.17, 15) is 24.3 Å². The van der Waals surface area contributed by atoms with Crippen molar-refractivity contribution >= 4 is 31.8 Å². The fraction of sp³-hybridized carbons (Fsp3) is 0.811. The Morgan fingerprint density at radius 1 is 0.879 bits per heavy atom. The molecule has 12 nitrogen and oxygen atoms in total. The van der Waals surface area contributed by atoms with E-state index in [4.69, 9.17) is 28.1 Å². The minimum Gasteiger partial charge on any atom is -0.456 e. The van der Waals surface area contributed by atoms with Crippen LogP contribution in [0.4, 0.5) is 0 Å². The second-order valence-corrected chi connectivity index (χ2v) is 26.9. The van der Waals surface area contributed by atoms with Crippen molar-refractivity contribution in [1.29, 1.82) is 0 Å². The van der Waals surface area contributed by atoms with Crippen molar-refractivity contribution in [3.8, 4) is 0 Å². The maximum atomic E-state index is 14.6. The molecule has 66 heavy (non-hydrogen) atoms. The number of carbonyl (C=O) groups is 4. The molecule has 4 aliphatic rings. The van der Waals surface area contributed by atoms with E-state index >= 15 is 0 Å². The standard InChI is InChI=1S/C53H89NO11Si/c1-16-19-41-27-35(8)26-36(9)28-46(61-14)49-47(62-15)30-39(12)53(59,64-49)50(56)51(57)54-25-18-17-20-42(54)52(58)63-48(37(10)21-23-43(41)55)38(11)29-40-22-24-44(45(31-40)60-13)65-66(32(2)3,33(4)5)34(6)7/h21,23,27,29,32-34,36-37,39-42,44-49,59H,16-20,22,24-26,28,30-31H2,1-15H3/b23-21+,35-27+,38-29?. The summed E-state index contributed by atoms with van der Waals surface area (Å²) in [6.45, 7) is 25.8. The first-order valence-electron chi connectivity index (χ1n) is 25.4. The lowest BCUT2D eigenvalue weighted by molar-refractivity contribution is -0.302. The van der Waals surface area contributed by atoms with Crippen LogP contribution in [0.1, 0.15) is 154 Å². The van der Waals surface area contributed by atoms with Crippen LogP contribution in [0.15, 0.2) is 35.5 Å². The number of esters is 1. The van der Waals surface area contributed by atoms with Gasteiger partial charge in [0, 0.05) is 45.6 Å². The predicted octanol–water partition coefficient (Wildman–Crippen LogP) is 9.87. The van der Waals surface area contributed by atoms with Gasteiger partial charge in [0.15, 0.2) is 5.78 Å². The van der Waals surface area contributed by atoms with Gasteiger partial charge in [-0.1, -0.05) is 99.5 Å². The first-order chi connectivity index (χ1) is 31.1. The van der Waals surface area contributed by atoms with E-state index in [1.54, 1.807) is 34.3 Å². The van der Waals surface area contributed by atoms with E-state index in [0.29, 0.717) is 55.1 Å². The molecule has 0 aromatic rings. The van der Waals surface area contributed by atoms with Crippen molar-refractivity contribution in [2.24, 2.45) is 29.6 Å². The Bertz CT molecular complexity index is 1700. The van der Waals surface area contributed by atoms with Crippen LogP contribution < -0.4 is 0 Å². The number of hydrogen-bond donors (Lipinski definition) is 1. The molecule has 1 N–H and O–H groups in total. The number of Topliss-reactive ketones (excluding diaryl/α,β-unsaturated/α-hetero) is 1. The van der Waals surface area contributed by atoms with Crippen molar-refractivity contribution < 1.29 is 52.4 Å². The third-order valence-electron chi connectivity index (χ3n) is 15.6. The lowest BCUT2D eigenvalue weighted by Gasteiger charge is -2.47. The molecule has 1 aliphatic carbocycles. The monoisotopic (exact) mass is 944 g/mol. The van der Waals surface area contributed by atoms with Crippen LogP contribution in [0.3, 0.4) is 0 Å². The summed E-state index contributed by atoms with van der Waals surface area (Å²) in [7, 11) is 2.73. The Morgan fingerprint density at radius 2 is 1.50 bits per heavy atom. The van der Waals surface area contributed by atoms with Gasteiger partial charge in [0.1, 0.15) is 18.2 Å². The number of amides is 1. The number of carbonyl (C=O) groups excluding carboxylic acids is 4. The summed E-state index contributed by atoms with van der Waals surface area (Å²) in [5.74, 6) is -6.56. The van der Waals surface area contributed by atoms with Gasteiger partial charge in [0.25, 0.3) is 11.7 Å². The molecule has 4 rings (SSSR count). The number of allylic oxidation sites excluding steroid dienone is 4. The van der Waals surface area contributed by atoms with Gasteiger partial charge in [-0.05, 0) is 118 Å². The quantitative estimate of drug-likeness (QED) is 0.0863. The zero-order valence-electron chi connectivity index (χ0n) is 43.4. The molecule has 3 fully saturated rings. The molecule has 0 aromatic heterocycles. The van der Waals surface area contributed by atoms with Crippen LogP contribution in [0.25, 0.3) is 0 Å². The molecule has 3 aliphatic heterocycles. The normalized spacial score (nSPS) is 36.7. The summed E-state index contributed by atoms with van der Waals surface area (Å²) < 4.78 is 38.1. The zero-order valence-corrected chi connectivity index (χ0v) is 44.4. The fourth-order valence-electron chi connectivity index (χ4n) is 12.1. The van der Waals surface area contributed by atoms with Crippen LogP contribution >= 0.6 is 0 Å². The number of nitrogens with zero attached hydrogens (tertiary/aromatic N) is 1. The Morgan fingerprint density at radius 3 is 2.09 bits per heavy atom. The fourth-order valence-corrected chi connectivity index (χ4v) is 17.7. The molecule has 2 saturated heterocycles. The van der Waals surface area contributed by atoms with E-state index < -0.39 is 74.1 Å². The van der Waals surface area contributed by atoms with Crippen LogP contribution in [-0.2, 0) is 47.3 Å². The highest BCUT2D eigenvalue weighted by atomic mass is 28.4. The van der Waals surface area contributed by atoms with Crippen LogP contribution in [0, 0.1) is 29.6 Å². The minimum absolute atomic E-state index is 0.0114. The van der Waals surface area contributed by atoms with Gasteiger partial charge in [-0.25, -0.2) is 4.79 Å². The van der Waals surface area contributed by atoms with Gasteiger partial charge < -0.3 is 38.1 Å². The highest BCUT2D eigenvalue weighted by Crippen LogP contribution is 2.46. The SMILES string of the molecule is CCCC1/C=C(\C)CC(C)CC(OC)C2OC(O)(C(=O)C(=O)N3CCCCC3C(=O)OC(C(C)=CC3CCC(O[Si](C(C)C)(C(C)C)C(C)C)C(OC)C3)C(C)/C=C/C1=O)C(C)CC2OC. The molecule has 0 spiro atoms. The molecule has 13 unspecified atom stereocenters. The van der Waals surface area contributed by atoms with E-state index in [2.05, 4.69) is 67.5 Å². The number of methoxy groups -OCH3 is 3. The van der Waals surface area contributed by atoms with Gasteiger partial charge in [-0.3, -0.25) is 14.4 Å². The molecule has 2 bridgehead atoms. The second kappa shape index (κ2) is 24.9. The van der Waals surface area contributed by atoms with Crippen LogP contribution in [-0.4, -0.2) is 118 Å². The van der Waals surface area contributed by atoms with Gasteiger partial charge in [-0.2, -0.15) is 0 Å². The smallest absolute Gasteiger partial charge is 0.329 e. The molecule has 3 heterocycles. The van der Waals surface area contributed by atoms with E-state index in [1.165, 1.54) is 4.90 Å². The number of ether oxygens (including phenoxy) is 5.